The van der Waals surface area contributed by atoms with Gasteiger partial charge < -0.3 is 18.5 Å². The monoisotopic (exact) mass is 339 g/mol. The van der Waals surface area contributed by atoms with Gasteiger partial charge in [0.25, 0.3) is 0 Å². The fourth-order valence-electron chi connectivity index (χ4n) is 2.05. The molecule has 1 unspecified atom stereocenters. The van der Waals surface area contributed by atoms with E-state index in [9.17, 15) is 13.0 Å². The fourth-order valence-corrected chi connectivity index (χ4v) is 2.61. The predicted molar refractivity (Wildman–Crippen MR) is 86.8 cm³/mol. The van der Waals surface area contributed by atoms with Crippen molar-refractivity contribution in [1.29, 1.82) is 0 Å². The van der Waals surface area contributed by atoms with Gasteiger partial charge in [-0.1, -0.05) is 13.3 Å². The number of ether oxygens (including phenoxy) is 2. The molecule has 0 aliphatic carbocycles. The quantitative estimate of drug-likeness (QED) is 0.257. The van der Waals surface area contributed by atoms with Crippen LogP contribution in [0.4, 0.5) is 0 Å². The van der Waals surface area contributed by atoms with E-state index in [1.54, 1.807) is 0 Å². The van der Waals surface area contributed by atoms with Gasteiger partial charge in [0.15, 0.2) is 0 Å². The first-order valence-electron chi connectivity index (χ1n) is 8.25. The lowest BCUT2D eigenvalue weighted by molar-refractivity contribution is -0.908. The van der Waals surface area contributed by atoms with Crippen LogP contribution in [0.1, 0.15) is 39.5 Å². The molecule has 1 atom stereocenters. The average Bonchev–Trinajstić information content (AvgIpc) is 2.45. The highest BCUT2D eigenvalue weighted by Gasteiger charge is 2.18. The maximum absolute atomic E-state index is 10.6. The van der Waals surface area contributed by atoms with Gasteiger partial charge in [0.2, 0.25) is 0 Å². The third kappa shape index (κ3) is 13.5. The molecule has 0 aliphatic rings. The smallest absolute Gasteiger partial charge is 0.102 e. The first-order valence-corrected chi connectivity index (χ1v) is 9.83. The molecule has 0 aliphatic heterocycles. The van der Waals surface area contributed by atoms with E-state index in [2.05, 4.69) is 20.9 Å². The molecule has 0 saturated carbocycles. The highest BCUT2D eigenvalue weighted by atomic mass is 32.2. The van der Waals surface area contributed by atoms with Crippen molar-refractivity contribution in [3.05, 3.63) is 0 Å². The molecule has 134 valence electrons. The Balaban J connectivity index is 3.70. The van der Waals surface area contributed by atoms with Gasteiger partial charge in [0, 0.05) is 12.4 Å². The largest absolute Gasteiger partial charge is 0.748 e. The molecule has 0 aromatic carbocycles. The topological polar surface area (TPSA) is 75.7 Å². The van der Waals surface area contributed by atoms with Crippen molar-refractivity contribution in [2.45, 2.75) is 39.5 Å². The lowest BCUT2D eigenvalue weighted by atomic mass is 10.2. The van der Waals surface area contributed by atoms with Gasteiger partial charge in [-0.25, -0.2) is 8.42 Å². The summed E-state index contributed by atoms with van der Waals surface area (Å²) in [5.41, 5.74) is 0. The molecule has 0 amide bonds. The second-order valence-corrected chi connectivity index (χ2v) is 7.45. The first kappa shape index (κ1) is 21.8. The van der Waals surface area contributed by atoms with E-state index in [0.29, 0.717) is 26.2 Å². The van der Waals surface area contributed by atoms with Crippen molar-refractivity contribution in [3.8, 4) is 0 Å². The lowest BCUT2D eigenvalue weighted by Crippen LogP contribution is -2.47. The standard InChI is InChI=1S/C15H33NO5S/c1-4-6-11-20-13-14-21-12-10-16(3,5-2)9-7-8-15-22(17,18)19/h4-15H2,1-3H3. The van der Waals surface area contributed by atoms with E-state index in [0.717, 1.165) is 50.0 Å². The van der Waals surface area contributed by atoms with E-state index in [4.69, 9.17) is 9.47 Å². The van der Waals surface area contributed by atoms with Crippen LogP contribution >= 0.6 is 0 Å². The number of likely N-dealkylation sites (N-methyl/N-ethyl adjacent to an activating group) is 1. The van der Waals surface area contributed by atoms with Crippen molar-refractivity contribution < 1.29 is 26.9 Å². The number of rotatable bonds is 15. The molecule has 0 aromatic rings. The Morgan fingerprint density at radius 2 is 1.55 bits per heavy atom. The minimum absolute atomic E-state index is 0.262. The van der Waals surface area contributed by atoms with Gasteiger partial charge >= 0.3 is 0 Å². The zero-order valence-corrected chi connectivity index (χ0v) is 15.2. The van der Waals surface area contributed by atoms with Crippen molar-refractivity contribution in [2.75, 3.05) is 58.9 Å². The zero-order chi connectivity index (χ0) is 16.9. The molecule has 6 nitrogen and oxygen atoms in total. The third-order valence-corrected chi connectivity index (χ3v) is 4.68. The van der Waals surface area contributed by atoms with Gasteiger partial charge in [0.05, 0.1) is 50.1 Å². The SMILES string of the molecule is CCCCOCCOCC[N+](C)(CC)CCCCS(=O)(=O)[O-]. The van der Waals surface area contributed by atoms with Gasteiger partial charge in [0.1, 0.15) is 6.54 Å². The number of hydrogen-bond acceptors (Lipinski definition) is 5. The summed E-state index contributed by atoms with van der Waals surface area (Å²) in [6.07, 6.45) is 3.41. The highest BCUT2D eigenvalue weighted by molar-refractivity contribution is 7.85. The molecule has 0 heterocycles. The minimum Gasteiger partial charge on any atom is -0.748 e. The van der Waals surface area contributed by atoms with Gasteiger partial charge in [-0.15, -0.1) is 0 Å². The summed E-state index contributed by atoms with van der Waals surface area (Å²) < 4.78 is 43.6. The van der Waals surface area contributed by atoms with Crippen LogP contribution in [0.25, 0.3) is 0 Å². The lowest BCUT2D eigenvalue weighted by Gasteiger charge is -2.33. The molecule has 7 heteroatoms. The number of hydrogen-bond donors (Lipinski definition) is 0. The van der Waals surface area contributed by atoms with Crippen LogP contribution in [0.2, 0.25) is 0 Å². The maximum Gasteiger partial charge on any atom is 0.102 e. The Labute approximate surface area is 136 Å². The Kier molecular flexibility index (Phi) is 12.1. The molecule has 0 spiro atoms. The Hall–Kier alpha value is -0.210. The molecule has 0 rings (SSSR count). The average molecular weight is 339 g/mol. The van der Waals surface area contributed by atoms with Crippen molar-refractivity contribution in [2.24, 2.45) is 0 Å². The second kappa shape index (κ2) is 12.2. The number of unbranched alkanes of at least 4 members (excludes halogenated alkanes) is 2. The summed E-state index contributed by atoms with van der Waals surface area (Å²) in [5, 5.41) is 0. The highest BCUT2D eigenvalue weighted by Crippen LogP contribution is 2.06. The third-order valence-electron chi connectivity index (χ3n) is 3.90. The van der Waals surface area contributed by atoms with Crippen LogP contribution < -0.4 is 0 Å². The van der Waals surface area contributed by atoms with Gasteiger partial charge in [-0.05, 0) is 26.2 Å². The van der Waals surface area contributed by atoms with Crippen molar-refractivity contribution in [3.63, 3.8) is 0 Å². The first-order chi connectivity index (χ1) is 10.3. The zero-order valence-electron chi connectivity index (χ0n) is 14.4. The molecule has 0 aromatic heterocycles. The fraction of sp³-hybridized carbons (Fsp3) is 1.00. The summed E-state index contributed by atoms with van der Waals surface area (Å²) in [4.78, 5) is 0. The minimum atomic E-state index is -4.08. The Bertz CT molecular complexity index is 361. The molecular formula is C15H33NO5S. The van der Waals surface area contributed by atoms with Crippen molar-refractivity contribution >= 4 is 10.1 Å². The summed E-state index contributed by atoms with van der Waals surface area (Å²) in [6.45, 7) is 9.66. The van der Waals surface area contributed by atoms with Crippen LogP contribution in [0.15, 0.2) is 0 Å². The van der Waals surface area contributed by atoms with E-state index in [1.165, 1.54) is 0 Å². The molecule has 0 radical (unpaired) electrons. The van der Waals surface area contributed by atoms with E-state index >= 15 is 0 Å². The molecule has 0 fully saturated rings. The van der Waals surface area contributed by atoms with E-state index in [1.807, 2.05) is 0 Å². The van der Waals surface area contributed by atoms with E-state index < -0.39 is 10.1 Å². The van der Waals surface area contributed by atoms with Crippen LogP contribution in [0, 0.1) is 0 Å². The van der Waals surface area contributed by atoms with E-state index in [-0.39, 0.29) is 5.75 Å². The summed E-state index contributed by atoms with van der Waals surface area (Å²) >= 11 is 0. The second-order valence-electron chi connectivity index (χ2n) is 5.93. The summed E-state index contributed by atoms with van der Waals surface area (Å²) in [6, 6.07) is 0. The normalized spacial score (nSPS) is 14.9. The van der Waals surface area contributed by atoms with Crippen molar-refractivity contribution in [1.82, 2.24) is 0 Å². The molecular weight excluding hydrogens is 306 g/mol. The van der Waals surface area contributed by atoms with Crippen LogP contribution in [0.5, 0.6) is 0 Å². The maximum atomic E-state index is 10.6. The number of nitrogens with zero attached hydrogens (tertiary/aromatic N) is 1. The Morgan fingerprint density at radius 3 is 2.09 bits per heavy atom. The molecule has 22 heavy (non-hydrogen) atoms. The number of quaternary nitrogens is 1. The van der Waals surface area contributed by atoms with Crippen LogP contribution in [-0.2, 0) is 19.6 Å². The van der Waals surface area contributed by atoms with Gasteiger partial charge in [-0.3, -0.25) is 0 Å². The Morgan fingerprint density at radius 1 is 0.909 bits per heavy atom. The van der Waals surface area contributed by atoms with Crippen LogP contribution in [-0.4, -0.2) is 76.3 Å². The molecule has 0 N–H and O–H groups in total. The van der Waals surface area contributed by atoms with Crippen LogP contribution in [0.3, 0.4) is 0 Å². The molecule has 0 saturated heterocycles. The summed E-state index contributed by atoms with van der Waals surface area (Å²) in [7, 11) is -1.95. The molecule has 0 bridgehead atoms. The predicted octanol–water partition coefficient (Wildman–Crippen LogP) is 1.61. The van der Waals surface area contributed by atoms with Gasteiger partial charge in [-0.2, -0.15) is 0 Å². The summed E-state index contributed by atoms with van der Waals surface area (Å²) in [5.74, 6) is -0.262.